The van der Waals surface area contributed by atoms with Crippen LogP contribution in [0.1, 0.15) is 35.9 Å². The topological polar surface area (TPSA) is 71.3 Å². The number of nitrogens with one attached hydrogen (secondary N) is 2. The second kappa shape index (κ2) is 6.28. The highest BCUT2D eigenvalue weighted by Gasteiger charge is 2.44. The molecule has 0 unspecified atom stereocenters. The molecule has 120 valence electrons. The summed E-state index contributed by atoms with van der Waals surface area (Å²) in [5.74, 6) is -0.374. The van der Waals surface area contributed by atoms with Gasteiger partial charge < -0.3 is 15.1 Å². The van der Waals surface area contributed by atoms with Crippen molar-refractivity contribution in [3.8, 4) is 0 Å². The van der Waals surface area contributed by atoms with Crippen LogP contribution in [0, 0.1) is 0 Å². The van der Waals surface area contributed by atoms with E-state index < -0.39 is 6.04 Å². The molecule has 1 aromatic carbocycles. The number of hydrogen-bond acceptors (Lipinski definition) is 3. The highest BCUT2D eigenvalue weighted by atomic mass is 16.3. The van der Waals surface area contributed by atoms with Gasteiger partial charge in [-0.05, 0) is 37.5 Å². The van der Waals surface area contributed by atoms with Gasteiger partial charge in [0.25, 0.3) is 5.91 Å². The summed E-state index contributed by atoms with van der Waals surface area (Å²) < 4.78 is 5.01. The molecule has 1 aliphatic carbocycles. The van der Waals surface area contributed by atoms with E-state index in [0.717, 1.165) is 12.8 Å². The molecule has 5 heteroatoms. The van der Waals surface area contributed by atoms with E-state index in [1.54, 1.807) is 19.1 Å². The number of carbonyl (C=O) groups excluding carboxylic acids is 2. The Hall–Kier alpha value is -2.56. The van der Waals surface area contributed by atoms with Crippen molar-refractivity contribution in [3.05, 3.63) is 60.1 Å². The number of carbonyl (C=O) groups is 2. The summed E-state index contributed by atoms with van der Waals surface area (Å²) in [6.07, 6.45) is 3.57. The van der Waals surface area contributed by atoms with Crippen molar-refractivity contribution >= 4 is 11.8 Å². The van der Waals surface area contributed by atoms with Crippen LogP contribution in [-0.4, -0.2) is 24.4 Å². The lowest BCUT2D eigenvalue weighted by Gasteiger charge is -2.19. The Labute approximate surface area is 135 Å². The molecule has 1 heterocycles. The average Bonchev–Trinajstić information content (AvgIpc) is 3.16. The molecule has 1 aromatic heterocycles. The molecule has 0 bridgehead atoms. The van der Waals surface area contributed by atoms with E-state index in [1.165, 1.54) is 11.8 Å². The molecule has 1 saturated carbocycles. The third-order valence-corrected chi connectivity index (χ3v) is 4.33. The van der Waals surface area contributed by atoms with Gasteiger partial charge in [-0.3, -0.25) is 9.59 Å². The first kappa shape index (κ1) is 15.3. The second-order valence-corrected chi connectivity index (χ2v) is 6.04. The largest absolute Gasteiger partial charge is 0.459 e. The molecule has 1 aliphatic rings. The van der Waals surface area contributed by atoms with Gasteiger partial charge in [0.1, 0.15) is 6.04 Å². The molecular weight excluding hydrogens is 292 g/mol. The zero-order valence-corrected chi connectivity index (χ0v) is 13.0. The van der Waals surface area contributed by atoms with Crippen molar-refractivity contribution < 1.29 is 14.0 Å². The summed E-state index contributed by atoms with van der Waals surface area (Å²) in [6, 6.07) is 12.8. The summed E-state index contributed by atoms with van der Waals surface area (Å²) in [4.78, 5) is 24.1. The molecule has 5 nitrogen and oxygen atoms in total. The Morgan fingerprint density at radius 2 is 1.91 bits per heavy atom. The highest BCUT2D eigenvalue weighted by Crippen LogP contribution is 2.47. The quantitative estimate of drug-likeness (QED) is 0.859. The first-order valence-electron chi connectivity index (χ1n) is 7.78. The SMILES string of the molecule is C[C@@H](NC(=O)c1ccco1)C(=O)NCC1(c2ccccc2)CC1. The van der Waals surface area contributed by atoms with Crippen LogP contribution >= 0.6 is 0 Å². The van der Waals surface area contributed by atoms with Gasteiger partial charge in [-0.25, -0.2) is 0 Å². The summed E-state index contributed by atoms with van der Waals surface area (Å²) in [5.41, 5.74) is 1.31. The fourth-order valence-electron chi connectivity index (χ4n) is 2.66. The van der Waals surface area contributed by atoms with Crippen LogP contribution in [0.3, 0.4) is 0 Å². The van der Waals surface area contributed by atoms with E-state index in [4.69, 9.17) is 4.42 Å². The van der Waals surface area contributed by atoms with E-state index in [2.05, 4.69) is 22.8 Å². The average molecular weight is 312 g/mol. The number of furan rings is 1. The van der Waals surface area contributed by atoms with Gasteiger partial charge in [-0.15, -0.1) is 0 Å². The number of benzene rings is 1. The lowest BCUT2D eigenvalue weighted by molar-refractivity contribution is -0.122. The van der Waals surface area contributed by atoms with Crippen LogP contribution in [0.2, 0.25) is 0 Å². The Kier molecular flexibility index (Phi) is 4.19. The van der Waals surface area contributed by atoms with E-state index >= 15 is 0 Å². The zero-order valence-electron chi connectivity index (χ0n) is 13.0. The van der Waals surface area contributed by atoms with Crippen molar-refractivity contribution in [1.29, 1.82) is 0 Å². The Morgan fingerprint density at radius 3 is 2.52 bits per heavy atom. The summed E-state index contributed by atoms with van der Waals surface area (Å²) in [7, 11) is 0. The molecular formula is C18H20N2O3. The molecule has 2 amide bonds. The maximum atomic E-state index is 12.2. The van der Waals surface area contributed by atoms with Gasteiger partial charge in [-0.1, -0.05) is 30.3 Å². The highest BCUT2D eigenvalue weighted by molar-refractivity contribution is 5.95. The fraction of sp³-hybridized carbons (Fsp3) is 0.333. The third-order valence-electron chi connectivity index (χ3n) is 4.33. The monoisotopic (exact) mass is 312 g/mol. The predicted molar refractivity (Wildman–Crippen MR) is 86.0 cm³/mol. The zero-order chi connectivity index (χ0) is 16.3. The van der Waals surface area contributed by atoms with Crippen molar-refractivity contribution in [1.82, 2.24) is 10.6 Å². The van der Waals surface area contributed by atoms with Crippen molar-refractivity contribution in [2.45, 2.75) is 31.2 Å². The van der Waals surface area contributed by atoms with E-state index in [9.17, 15) is 9.59 Å². The van der Waals surface area contributed by atoms with Crippen LogP contribution in [0.5, 0.6) is 0 Å². The van der Waals surface area contributed by atoms with Crippen molar-refractivity contribution in [2.24, 2.45) is 0 Å². The Bertz CT molecular complexity index is 676. The maximum absolute atomic E-state index is 12.2. The van der Waals surface area contributed by atoms with E-state index in [1.807, 2.05) is 18.2 Å². The second-order valence-electron chi connectivity index (χ2n) is 6.04. The van der Waals surface area contributed by atoms with Crippen LogP contribution in [0.25, 0.3) is 0 Å². The van der Waals surface area contributed by atoms with Gasteiger partial charge >= 0.3 is 0 Å². The Morgan fingerprint density at radius 1 is 1.17 bits per heavy atom. The first-order valence-corrected chi connectivity index (χ1v) is 7.78. The third kappa shape index (κ3) is 3.44. The van der Waals surface area contributed by atoms with E-state index in [-0.39, 0.29) is 23.0 Å². The lowest BCUT2D eigenvalue weighted by Crippen LogP contribution is -2.46. The summed E-state index contributed by atoms with van der Waals surface area (Å²) in [5, 5.41) is 5.58. The number of hydrogen-bond donors (Lipinski definition) is 2. The van der Waals surface area contributed by atoms with Gasteiger partial charge in [0.05, 0.1) is 6.26 Å². The van der Waals surface area contributed by atoms with Gasteiger partial charge in [0, 0.05) is 12.0 Å². The molecule has 0 spiro atoms. The molecule has 23 heavy (non-hydrogen) atoms. The molecule has 0 aliphatic heterocycles. The van der Waals surface area contributed by atoms with Crippen molar-refractivity contribution in [2.75, 3.05) is 6.54 Å². The number of rotatable bonds is 6. The standard InChI is InChI=1S/C18H20N2O3/c1-13(20-17(22)15-8-5-11-23-15)16(21)19-12-18(9-10-18)14-6-3-2-4-7-14/h2-8,11,13H,9-10,12H2,1H3,(H,19,21)(H,20,22)/t13-/m1/s1. The minimum Gasteiger partial charge on any atom is -0.459 e. The maximum Gasteiger partial charge on any atom is 0.287 e. The molecule has 1 fully saturated rings. The number of amides is 2. The van der Waals surface area contributed by atoms with Gasteiger partial charge in [0.15, 0.2) is 5.76 Å². The van der Waals surface area contributed by atoms with Crippen LogP contribution < -0.4 is 10.6 Å². The van der Waals surface area contributed by atoms with Crippen LogP contribution in [0.15, 0.2) is 53.1 Å². The molecule has 0 radical (unpaired) electrons. The molecule has 1 atom stereocenters. The summed E-state index contributed by atoms with van der Waals surface area (Å²) in [6.45, 7) is 2.26. The van der Waals surface area contributed by atoms with Gasteiger partial charge in [0.2, 0.25) is 5.91 Å². The minimum atomic E-state index is -0.612. The van der Waals surface area contributed by atoms with Crippen LogP contribution in [-0.2, 0) is 10.2 Å². The molecule has 0 saturated heterocycles. The first-order chi connectivity index (χ1) is 11.1. The normalized spacial score (nSPS) is 16.4. The lowest BCUT2D eigenvalue weighted by atomic mass is 9.96. The fourth-order valence-corrected chi connectivity index (χ4v) is 2.66. The predicted octanol–water partition coefficient (Wildman–Crippen LogP) is 2.25. The van der Waals surface area contributed by atoms with E-state index in [0.29, 0.717) is 6.54 Å². The van der Waals surface area contributed by atoms with Gasteiger partial charge in [-0.2, -0.15) is 0 Å². The molecule has 2 aromatic rings. The molecule has 3 rings (SSSR count). The molecule has 2 N–H and O–H groups in total. The van der Waals surface area contributed by atoms with Crippen LogP contribution in [0.4, 0.5) is 0 Å². The smallest absolute Gasteiger partial charge is 0.287 e. The minimum absolute atomic E-state index is 0.0572. The van der Waals surface area contributed by atoms with Crippen molar-refractivity contribution in [3.63, 3.8) is 0 Å². The summed E-state index contributed by atoms with van der Waals surface area (Å²) >= 11 is 0. The Balaban J connectivity index is 1.52.